The zero-order chi connectivity index (χ0) is 14.9. The molecule has 1 atom stereocenters. The Morgan fingerprint density at radius 1 is 1.38 bits per heavy atom. The standard InChI is InChI=1S/C18H28N2O/c1-4-10-20(16-8-9-19-12-16)13-15-7-5-6-14-11-18(2,3)21-17(14)15/h5-7,16,19H,4,8-13H2,1-3H3. The van der Waals surface area contributed by atoms with Crippen LogP contribution in [0.15, 0.2) is 18.2 Å². The summed E-state index contributed by atoms with van der Waals surface area (Å²) in [4.78, 5) is 2.63. The first kappa shape index (κ1) is 14.9. The quantitative estimate of drug-likeness (QED) is 0.901. The lowest BCUT2D eigenvalue weighted by Crippen LogP contribution is -2.37. The predicted molar refractivity (Wildman–Crippen MR) is 86.8 cm³/mol. The summed E-state index contributed by atoms with van der Waals surface area (Å²) in [7, 11) is 0. The van der Waals surface area contributed by atoms with Gasteiger partial charge in [0.1, 0.15) is 11.4 Å². The summed E-state index contributed by atoms with van der Waals surface area (Å²) >= 11 is 0. The largest absolute Gasteiger partial charge is 0.487 e. The summed E-state index contributed by atoms with van der Waals surface area (Å²) in [5, 5.41) is 3.49. The molecule has 0 aromatic heterocycles. The molecule has 1 aromatic carbocycles. The molecule has 1 aromatic rings. The van der Waals surface area contributed by atoms with E-state index >= 15 is 0 Å². The lowest BCUT2D eigenvalue weighted by Gasteiger charge is -2.29. The van der Waals surface area contributed by atoms with E-state index in [0.717, 1.165) is 31.8 Å². The zero-order valence-corrected chi connectivity index (χ0v) is 13.6. The van der Waals surface area contributed by atoms with Crippen molar-refractivity contribution in [1.82, 2.24) is 10.2 Å². The van der Waals surface area contributed by atoms with Gasteiger partial charge in [-0.25, -0.2) is 0 Å². The number of nitrogens with one attached hydrogen (secondary N) is 1. The minimum atomic E-state index is -0.0526. The smallest absolute Gasteiger partial charge is 0.127 e. The van der Waals surface area contributed by atoms with E-state index < -0.39 is 0 Å². The third-order valence-electron chi connectivity index (χ3n) is 4.61. The molecule has 116 valence electrons. The van der Waals surface area contributed by atoms with Gasteiger partial charge in [0.05, 0.1) is 0 Å². The van der Waals surface area contributed by atoms with Crippen molar-refractivity contribution in [3.63, 3.8) is 0 Å². The Hall–Kier alpha value is -1.06. The Morgan fingerprint density at radius 2 is 2.24 bits per heavy atom. The molecule has 0 radical (unpaired) electrons. The van der Waals surface area contributed by atoms with Gasteiger partial charge >= 0.3 is 0 Å². The molecule has 1 fully saturated rings. The van der Waals surface area contributed by atoms with Gasteiger partial charge in [-0.15, -0.1) is 0 Å². The third-order valence-corrected chi connectivity index (χ3v) is 4.61. The molecule has 21 heavy (non-hydrogen) atoms. The molecule has 3 nitrogen and oxygen atoms in total. The molecule has 2 aliphatic heterocycles. The molecule has 0 bridgehead atoms. The average Bonchev–Trinajstić information content (AvgIpc) is 3.04. The third kappa shape index (κ3) is 3.24. The molecule has 2 heterocycles. The predicted octanol–water partition coefficient (Wildman–Crippen LogP) is 2.97. The van der Waals surface area contributed by atoms with Gasteiger partial charge < -0.3 is 10.1 Å². The normalized spacial score (nSPS) is 23.3. The molecule has 0 spiro atoms. The van der Waals surface area contributed by atoms with E-state index in [1.54, 1.807) is 0 Å². The number of fused-ring (bicyclic) bond motifs is 1. The average molecular weight is 288 g/mol. The minimum absolute atomic E-state index is 0.0526. The second kappa shape index (κ2) is 5.98. The summed E-state index contributed by atoms with van der Waals surface area (Å²) in [5.74, 6) is 1.15. The van der Waals surface area contributed by atoms with Gasteiger partial charge in [0, 0.05) is 31.1 Å². The minimum Gasteiger partial charge on any atom is -0.487 e. The Bertz CT molecular complexity index is 492. The van der Waals surface area contributed by atoms with E-state index in [2.05, 4.69) is 49.2 Å². The number of ether oxygens (including phenoxy) is 1. The van der Waals surface area contributed by atoms with Gasteiger partial charge in [0.25, 0.3) is 0 Å². The number of benzene rings is 1. The maximum absolute atomic E-state index is 6.22. The number of hydrogen-bond donors (Lipinski definition) is 1. The van der Waals surface area contributed by atoms with Crippen molar-refractivity contribution in [2.45, 2.75) is 58.2 Å². The van der Waals surface area contributed by atoms with Crippen LogP contribution >= 0.6 is 0 Å². The molecule has 1 saturated heterocycles. The Kier molecular flexibility index (Phi) is 4.23. The first-order valence-electron chi connectivity index (χ1n) is 8.33. The number of nitrogens with zero attached hydrogens (tertiary/aromatic N) is 1. The van der Waals surface area contributed by atoms with E-state index in [0.29, 0.717) is 6.04 Å². The highest BCUT2D eigenvalue weighted by molar-refractivity contribution is 5.45. The van der Waals surface area contributed by atoms with E-state index in [4.69, 9.17) is 4.74 Å². The maximum atomic E-state index is 6.22. The molecule has 1 N–H and O–H groups in total. The highest BCUT2D eigenvalue weighted by Gasteiger charge is 2.32. The van der Waals surface area contributed by atoms with Crippen molar-refractivity contribution < 1.29 is 4.74 Å². The van der Waals surface area contributed by atoms with E-state index in [1.807, 2.05) is 0 Å². The Labute approximate surface area is 128 Å². The molecule has 1 unspecified atom stereocenters. The summed E-state index contributed by atoms with van der Waals surface area (Å²) in [5.41, 5.74) is 2.68. The van der Waals surface area contributed by atoms with Crippen LogP contribution < -0.4 is 10.1 Å². The Balaban J connectivity index is 1.79. The Morgan fingerprint density at radius 3 is 2.95 bits per heavy atom. The van der Waals surface area contributed by atoms with Crippen molar-refractivity contribution in [1.29, 1.82) is 0 Å². The highest BCUT2D eigenvalue weighted by atomic mass is 16.5. The van der Waals surface area contributed by atoms with Crippen molar-refractivity contribution in [3.8, 4) is 5.75 Å². The summed E-state index contributed by atoms with van der Waals surface area (Å²) < 4.78 is 6.22. The molecular weight excluding hydrogens is 260 g/mol. The number of para-hydroxylation sites is 1. The van der Waals surface area contributed by atoms with Crippen molar-refractivity contribution >= 4 is 0 Å². The first-order valence-corrected chi connectivity index (χ1v) is 8.33. The van der Waals surface area contributed by atoms with Gasteiger partial charge in [-0.3, -0.25) is 4.90 Å². The maximum Gasteiger partial charge on any atom is 0.127 e. The van der Waals surface area contributed by atoms with Crippen LogP contribution in [0.2, 0.25) is 0 Å². The summed E-state index contributed by atoms with van der Waals surface area (Å²) in [6.45, 7) is 11.1. The van der Waals surface area contributed by atoms with Crippen LogP contribution in [0.3, 0.4) is 0 Å². The van der Waals surface area contributed by atoms with Crippen LogP contribution in [-0.4, -0.2) is 36.2 Å². The van der Waals surface area contributed by atoms with Crippen LogP contribution in [0.25, 0.3) is 0 Å². The molecule has 0 amide bonds. The van der Waals surface area contributed by atoms with Crippen LogP contribution in [-0.2, 0) is 13.0 Å². The topological polar surface area (TPSA) is 24.5 Å². The van der Waals surface area contributed by atoms with Gasteiger partial charge in [-0.2, -0.15) is 0 Å². The van der Waals surface area contributed by atoms with E-state index in [-0.39, 0.29) is 5.60 Å². The molecule has 0 aliphatic carbocycles. The SMILES string of the molecule is CCCN(Cc1cccc2c1OC(C)(C)C2)C1CCNC1. The van der Waals surface area contributed by atoms with Crippen molar-refractivity contribution in [3.05, 3.63) is 29.3 Å². The second-order valence-electron chi connectivity index (χ2n) is 7.06. The van der Waals surface area contributed by atoms with Gasteiger partial charge in [0.15, 0.2) is 0 Å². The van der Waals surface area contributed by atoms with Crippen LogP contribution in [0.4, 0.5) is 0 Å². The second-order valence-corrected chi connectivity index (χ2v) is 7.06. The van der Waals surface area contributed by atoms with Crippen LogP contribution in [0.5, 0.6) is 5.75 Å². The van der Waals surface area contributed by atoms with Crippen molar-refractivity contribution in [2.75, 3.05) is 19.6 Å². The van der Waals surface area contributed by atoms with Gasteiger partial charge in [0.2, 0.25) is 0 Å². The zero-order valence-electron chi connectivity index (χ0n) is 13.6. The van der Waals surface area contributed by atoms with Crippen molar-refractivity contribution in [2.24, 2.45) is 0 Å². The lowest BCUT2D eigenvalue weighted by atomic mass is 10.00. The fourth-order valence-electron chi connectivity index (χ4n) is 3.65. The summed E-state index contributed by atoms with van der Waals surface area (Å²) in [6, 6.07) is 7.33. The highest BCUT2D eigenvalue weighted by Crippen LogP contribution is 2.38. The number of rotatable bonds is 5. The number of hydrogen-bond acceptors (Lipinski definition) is 3. The van der Waals surface area contributed by atoms with Gasteiger partial charge in [-0.05, 0) is 45.3 Å². The fourth-order valence-corrected chi connectivity index (χ4v) is 3.65. The molecule has 0 saturated carbocycles. The summed E-state index contributed by atoms with van der Waals surface area (Å²) in [6.07, 6.45) is 3.49. The molecule has 3 heteroatoms. The van der Waals surface area contributed by atoms with E-state index in [9.17, 15) is 0 Å². The molecular formula is C18H28N2O. The molecule has 2 aliphatic rings. The van der Waals surface area contributed by atoms with E-state index in [1.165, 1.54) is 30.5 Å². The first-order chi connectivity index (χ1) is 10.1. The monoisotopic (exact) mass is 288 g/mol. The fraction of sp³-hybridized carbons (Fsp3) is 0.667. The lowest BCUT2D eigenvalue weighted by molar-refractivity contribution is 0.133. The van der Waals surface area contributed by atoms with Gasteiger partial charge in [-0.1, -0.05) is 25.1 Å². The molecule has 3 rings (SSSR count). The van der Waals surface area contributed by atoms with Crippen LogP contribution in [0.1, 0.15) is 44.7 Å². The van der Waals surface area contributed by atoms with Crippen LogP contribution in [0, 0.1) is 0 Å².